The third-order valence-corrected chi connectivity index (χ3v) is 6.02. The second-order valence-corrected chi connectivity index (χ2v) is 7.38. The molecule has 132 valence electrons. The van der Waals surface area contributed by atoms with Crippen molar-refractivity contribution in [2.24, 2.45) is 11.8 Å². The number of aliphatic hydroxyl groups is 1. The monoisotopic (exact) mass is 331 g/mol. The van der Waals surface area contributed by atoms with Crippen LogP contribution in [0.4, 0.5) is 0 Å². The molecule has 1 N–H and O–H groups in total. The number of aryl methyl sites for hydroxylation is 1. The molecule has 0 aromatic heterocycles. The highest BCUT2D eigenvalue weighted by Crippen LogP contribution is 2.44. The van der Waals surface area contributed by atoms with E-state index in [1.54, 1.807) is 7.11 Å². The first kappa shape index (κ1) is 17.3. The number of carbonyl (C=O) groups is 1. The van der Waals surface area contributed by atoms with E-state index in [-0.39, 0.29) is 17.7 Å². The lowest BCUT2D eigenvalue weighted by atomic mass is 9.72. The smallest absolute Gasteiger partial charge is 0.225 e. The molecular formula is C20H29NO3. The fourth-order valence-corrected chi connectivity index (χ4v) is 4.52. The average Bonchev–Trinajstić information content (AvgIpc) is 3.11. The number of ether oxygens (including phenoxy) is 1. The number of carbonyl (C=O) groups excluding carboxylic acids is 1. The minimum atomic E-state index is -0.593. The maximum Gasteiger partial charge on any atom is 0.225 e. The zero-order chi connectivity index (χ0) is 17.4. The van der Waals surface area contributed by atoms with Crippen molar-refractivity contribution in [1.82, 2.24) is 4.90 Å². The molecule has 1 saturated heterocycles. The summed E-state index contributed by atoms with van der Waals surface area (Å²) in [6.07, 6.45) is 3.39. The highest BCUT2D eigenvalue weighted by molar-refractivity contribution is 5.79. The van der Waals surface area contributed by atoms with Crippen LogP contribution < -0.4 is 4.74 Å². The van der Waals surface area contributed by atoms with Crippen LogP contribution in [0, 0.1) is 25.7 Å². The lowest BCUT2D eigenvalue weighted by Crippen LogP contribution is -2.39. The predicted octanol–water partition coefficient (Wildman–Crippen LogP) is 3.17. The van der Waals surface area contributed by atoms with Crippen molar-refractivity contribution in [2.45, 2.75) is 52.6 Å². The van der Waals surface area contributed by atoms with E-state index in [0.29, 0.717) is 0 Å². The maximum absolute atomic E-state index is 12.8. The van der Waals surface area contributed by atoms with Gasteiger partial charge in [0.15, 0.2) is 0 Å². The lowest BCUT2D eigenvalue weighted by Gasteiger charge is -2.37. The Morgan fingerprint density at radius 3 is 2.62 bits per heavy atom. The normalized spacial score (nSPS) is 24.6. The van der Waals surface area contributed by atoms with E-state index in [4.69, 9.17) is 4.74 Å². The molecule has 1 amide bonds. The number of methoxy groups -OCH3 is 1. The number of aliphatic hydroxyl groups excluding tert-OH is 1. The van der Waals surface area contributed by atoms with Gasteiger partial charge in [-0.1, -0.05) is 6.92 Å². The highest BCUT2D eigenvalue weighted by atomic mass is 16.5. The summed E-state index contributed by atoms with van der Waals surface area (Å²) in [6, 6.07) is 2.06. The maximum atomic E-state index is 12.8. The third kappa shape index (κ3) is 2.81. The number of fused-ring (bicyclic) bond motifs is 1. The molecule has 24 heavy (non-hydrogen) atoms. The van der Waals surface area contributed by atoms with Gasteiger partial charge in [0, 0.05) is 24.9 Å². The fraction of sp³-hybridized carbons (Fsp3) is 0.650. The number of hydrogen-bond acceptors (Lipinski definition) is 3. The number of rotatable bonds is 3. The van der Waals surface area contributed by atoms with E-state index < -0.39 is 6.10 Å². The first-order valence-electron chi connectivity index (χ1n) is 9.09. The summed E-state index contributed by atoms with van der Waals surface area (Å²) in [5.74, 6) is 0.870. The molecule has 1 fully saturated rings. The molecule has 0 radical (unpaired) electrons. The van der Waals surface area contributed by atoms with Crippen molar-refractivity contribution >= 4 is 5.91 Å². The molecular weight excluding hydrogens is 302 g/mol. The summed E-state index contributed by atoms with van der Waals surface area (Å²) >= 11 is 0. The molecule has 4 nitrogen and oxygen atoms in total. The van der Waals surface area contributed by atoms with Crippen molar-refractivity contribution in [1.29, 1.82) is 0 Å². The van der Waals surface area contributed by atoms with Crippen LogP contribution in [0.2, 0.25) is 0 Å². The van der Waals surface area contributed by atoms with Gasteiger partial charge in [0.2, 0.25) is 5.91 Å². The van der Waals surface area contributed by atoms with Crippen molar-refractivity contribution < 1.29 is 14.6 Å². The highest BCUT2D eigenvalue weighted by Gasteiger charge is 2.38. The summed E-state index contributed by atoms with van der Waals surface area (Å²) in [5, 5.41) is 11.1. The molecule has 1 aromatic rings. The van der Waals surface area contributed by atoms with Gasteiger partial charge >= 0.3 is 0 Å². The van der Waals surface area contributed by atoms with Crippen LogP contribution in [0.1, 0.15) is 54.5 Å². The van der Waals surface area contributed by atoms with Crippen LogP contribution in [-0.4, -0.2) is 36.1 Å². The minimum absolute atomic E-state index is 0.0178. The van der Waals surface area contributed by atoms with E-state index in [1.807, 2.05) is 18.7 Å². The molecule has 1 aliphatic heterocycles. The fourth-order valence-electron chi connectivity index (χ4n) is 4.52. The molecule has 3 atom stereocenters. The van der Waals surface area contributed by atoms with E-state index in [1.165, 1.54) is 11.1 Å². The van der Waals surface area contributed by atoms with E-state index in [0.717, 1.165) is 55.6 Å². The zero-order valence-corrected chi connectivity index (χ0v) is 15.3. The summed E-state index contributed by atoms with van der Waals surface area (Å²) in [7, 11) is 1.67. The molecule has 4 heteroatoms. The Morgan fingerprint density at radius 1 is 1.33 bits per heavy atom. The number of benzene rings is 1. The molecule has 3 rings (SSSR count). The molecule has 0 bridgehead atoms. The first-order chi connectivity index (χ1) is 11.5. The van der Waals surface area contributed by atoms with Crippen molar-refractivity contribution in [3.05, 3.63) is 28.3 Å². The van der Waals surface area contributed by atoms with Gasteiger partial charge in [-0.05, 0) is 67.9 Å². The second kappa shape index (κ2) is 6.75. The van der Waals surface area contributed by atoms with Gasteiger partial charge < -0.3 is 14.7 Å². The van der Waals surface area contributed by atoms with Gasteiger partial charge in [0.1, 0.15) is 5.75 Å². The topological polar surface area (TPSA) is 49.8 Å². The quantitative estimate of drug-likeness (QED) is 0.925. The van der Waals surface area contributed by atoms with Crippen LogP contribution in [-0.2, 0) is 11.2 Å². The standard InChI is InChI=1S/C20H29NO3/c1-12-11-17(24-4)14(3)18-15(12)7-8-16(19(18)22)13(2)20(23)21-9-5-6-10-21/h11,13,16,19,22H,5-10H2,1-4H3/t13-,16+,19+/m0/s1. The van der Waals surface area contributed by atoms with Crippen LogP contribution >= 0.6 is 0 Å². The van der Waals surface area contributed by atoms with Gasteiger partial charge in [0.25, 0.3) is 0 Å². The second-order valence-electron chi connectivity index (χ2n) is 7.38. The Morgan fingerprint density at radius 2 is 2.00 bits per heavy atom. The predicted molar refractivity (Wildman–Crippen MR) is 94.2 cm³/mol. The lowest BCUT2D eigenvalue weighted by molar-refractivity contribution is -0.137. The van der Waals surface area contributed by atoms with Crippen molar-refractivity contribution in [3.63, 3.8) is 0 Å². The molecule has 1 aromatic carbocycles. The SMILES string of the molecule is COc1cc(C)c2c(c1C)[C@H](O)[C@@H]([C@H](C)C(=O)N1CCCC1)CC2. The molecule has 0 saturated carbocycles. The molecule has 1 aliphatic carbocycles. The molecule has 0 spiro atoms. The van der Waals surface area contributed by atoms with E-state index in [2.05, 4.69) is 13.0 Å². The summed E-state index contributed by atoms with van der Waals surface area (Å²) < 4.78 is 5.48. The van der Waals surface area contributed by atoms with Gasteiger partial charge in [0.05, 0.1) is 13.2 Å². The largest absolute Gasteiger partial charge is 0.496 e. The molecule has 2 aliphatic rings. The van der Waals surface area contributed by atoms with Crippen LogP contribution in [0.25, 0.3) is 0 Å². The number of amides is 1. The summed E-state index contributed by atoms with van der Waals surface area (Å²) in [6.45, 7) is 7.81. The Balaban J connectivity index is 1.90. The Hall–Kier alpha value is -1.55. The Kier molecular flexibility index (Phi) is 4.86. The average molecular weight is 331 g/mol. The molecule has 0 unspecified atom stereocenters. The van der Waals surface area contributed by atoms with E-state index >= 15 is 0 Å². The first-order valence-corrected chi connectivity index (χ1v) is 9.09. The van der Waals surface area contributed by atoms with Crippen LogP contribution in [0.3, 0.4) is 0 Å². The molecule has 1 heterocycles. The van der Waals surface area contributed by atoms with Crippen LogP contribution in [0.15, 0.2) is 6.07 Å². The minimum Gasteiger partial charge on any atom is -0.496 e. The van der Waals surface area contributed by atoms with Crippen molar-refractivity contribution in [2.75, 3.05) is 20.2 Å². The number of hydrogen-bond donors (Lipinski definition) is 1. The van der Waals surface area contributed by atoms with Gasteiger partial charge in [-0.2, -0.15) is 0 Å². The van der Waals surface area contributed by atoms with E-state index in [9.17, 15) is 9.90 Å². The summed E-state index contributed by atoms with van der Waals surface area (Å²) in [4.78, 5) is 14.7. The third-order valence-electron chi connectivity index (χ3n) is 6.02. The number of nitrogens with zero attached hydrogens (tertiary/aromatic N) is 1. The Bertz CT molecular complexity index is 634. The van der Waals surface area contributed by atoms with Crippen molar-refractivity contribution in [3.8, 4) is 5.75 Å². The Labute approximate surface area is 144 Å². The van der Waals surface area contributed by atoms with Gasteiger partial charge in [-0.25, -0.2) is 0 Å². The zero-order valence-electron chi connectivity index (χ0n) is 15.3. The van der Waals surface area contributed by atoms with Gasteiger partial charge in [-0.3, -0.25) is 4.79 Å². The summed E-state index contributed by atoms with van der Waals surface area (Å²) in [5.41, 5.74) is 4.40. The van der Waals surface area contributed by atoms with Crippen LogP contribution in [0.5, 0.6) is 5.75 Å². The number of likely N-dealkylation sites (tertiary alicyclic amines) is 1. The van der Waals surface area contributed by atoms with Gasteiger partial charge in [-0.15, -0.1) is 0 Å².